The topological polar surface area (TPSA) is 88.4 Å². The second-order valence-electron chi connectivity index (χ2n) is 7.24. The predicted octanol–water partition coefficient (Wildman–Crippen LogP) is 4.00. The van der Waals surface area contributed by atoms with Gasteiger partial charge in [0.15, 0.2) is 6.61 Å². The highest BCUT2D eigenvalue weighted by atomic mass is 32.1. The first kappa shape index (κ1) is 20.9. The fourth-order valence-electron chi connectivity index (χ4n) is 3.30. The van der Waals surface area contributed by atoms with Crippen LogP contribution in [0.1, 0.15) is 41.3 Å². The van der Waals surface area contributed by atoms with Gasteiger partial charge in [-0.05, 0) is 49.3 Å². The third-order valence-corrected chi connectivity index (χ3v) is 6.07. The number of nitriles is 1. The number of aryl methyl sites for hydroxylation is 1. The number of carbonyl (C=O) groups is 2. The number of rotatable bonds is 7. The molecular weight excluding hydrogens is 388 g/mol. The summed E-state index contributed by atoms with van der Waals surface area (Å²) in [6, 6.07) is 9.75. The number of para-hydroxylation sites is 1. The Morgan fingerprint density at radius 2 is 2.14 bits per heavy atom. The van der Waals surface area contributed by atoms with Crippen LogP contribution in [0.5, 0.6) is 5.75 Å². The van der Waals surface area contributed by atoms with E-state index in [1.807, 2.05) is 31.2 Å². The van der Waals surface area contributed by atoms with Crippen molar-refractivity contribution in [3.8, 4) is 11.8 Å². The molecule has 1 aromatic heterocycles. The van der Waals surface area contributed by atoms with E-state index in [4.69, 9.17) is 9.47 Å². The van der Waals surface area contributed by atoms with Gasteiger partial charge >= 0.3 is 5.97 Å². The third kappa shape index (κ3) is 5.36. The minimum absolute atomic E-state index is 0.0518. The molecule has 6 nitrogen and oxygen atoms in total. The molecule has 1 aromatic carbocycles. The molecule has 29 heavy (non-hydrogen) atoms. The van der Waals surface area contributed by atoms with E-state index >= 15 is 0 Å². The minimum atomic E-state index is -0.506. The van der Waals surface area contributed by atoms with Gasteiger partial charge in [0.1, 0.15) is 16.8 Å². The van der Waals surface area contributed by atoms with Crippen LogP contribution in [-0.2, 0) is 27.2 Å². The van der Waals surface area contributed by atoms with E-state index in [-0.39, 0.29) is 19.6 Å². The van der Waals surface area contributed by atoms with Gasteiger partial charge in [-0.25, -0.2) is 0 Å². The van der Waals surface area contributed by atoms with Crippen molar-refractivity contribution >= 4 is 28.2 Å². The fourth-order valence-corrected chi connectivity index (χ4v) is 4.68. The monoisotopic (exact) mass is 412 g/mol. The fraction of sp³-hybridized carbons (Fsp3) is 0.409. The molecule has 0 spiro atoms. The van der Waals surface area contributed by atoms with Crippen molar-refractivity contribution in [1.82, 2.24) is 0 Å². The summed E-state index contributed by atoms with van der Waals surface area (Å²) in [5, 5.41) is 12.8. The number of benzene rings is 1. The van der Waals surface area contributed by atoms with Gasteiger partial charge in [0.2, 0.25) is 0 Å². The van der Waals surface area contributed by atoms with Gasteiger partial charge < -0.3 is 14.8 Å². The van der Waals surface area contributed by atoms with Crippen LogP contribution in [0.2, 0.25) is 0 Å². The molecule has 152 valence electrons. The van der Waals surface area contributed by atoms with E-state index in [9.17, 15) is 14.9 Å². The van der Waals surface area contributed by atoms with Crippen LogP contribution in [0.4, 0.5) is 5.00 Å². The Balaban J connectivity index is 1.46. The molecule has 1 aliphatic rings. The highest BCUT2D eigenvalue weighted by molar-refractivity contribution is 7.16. The molecular formula is C22H24N2O4S. The number of thiophene rings is 1. The van der Waals surface area contributed by atoms with Gasteiger partial charge in [0.05, 0.1) is 18.6 Å². The van der Waals surface area contributed by atoms with Crippen LogP contribution >= 0.6 is 11.3 Å². The predicted molar refractivity (Wildman–Crippen MR) is 111 cm³/mol. The van der Waals surface area contributed by atoms with Crippen LogP contribution in [0.25, 0.3) is 0 Å². The SMILES string of the molecule is Cc1ccccc1OCCC(=O)OCC(=O)Nc1sc2c(c1C#N)CC[C@@H](C)C2. The lowest BCUT2D eigenvalue weighted by Gasteiger charge is -2.17. The van der Waals surface area contributed by atoms with Gasteiger partial charge in [-0.3, -0.25) is 9.59 Å². The molecule has 1 aliphatic carbocycles. The van der Waals surface area contributed by atoms with Crippen molar-refractivity contribution in [3.63, 3.8) is 0 Å². The number of nitrogens with zero attached hydrogens (tertiary/aromatic N) is 1. The van der Waals surface area contributed by atoms with Gasteiger partial charge in [-0.1, -0.05) is 25.1 Å². The van der Waals surface area contributed by atoms with Crippen molar-refractivity contribution < 1.29 is 19.1 Å². The quantitative estimate of drug-likeness (QED) is 0.694. The average molecular weight is 413 g/mol. The summed E-state index contributed by atoms with van der Waals surface area (Å²) in [5.74, 6) is 0.354. The molecule has 0 saturated carbocycles. The lowest BCUT2D eigenvalue weighted by molar-refractivity contribution is -0.147. The number of hydrogen-bond donors (Lipinski definition) is 1. The molecule has 1 atom stereocenters. The lowest BCUT2D eigenvalue weighted by Crippen LogP contribution is -2.21. The summed E-state index contributed by atoms with van der Waals surface area (Å²) in [5.41, 5.74) is 2.58. The Bertz CT molecular complexity index is 945. The third-order valence-electron chi connectivity index (χ3n) is 4.90. The molecule has 1 amide bonds. The number of fused-ring (bicyclic) bond motifs is 1. The molecule has 0 radical (unpaired) electrons. The maximum atomic E-state index is 12.2. The number of amides is 1. The lowest BCUT2D eigenvalue weighted by atomic mass is 9.89. The minimum Gasteiger partial charge on any atom is -0.493 e. The van der Waals surface area contributed by atoms with Crippen molar-refractivity contribution in [2.24, 2.45) is 5.92 Å². The van der Waals surface area contributed by atoms with E-state index in [0.29, 0.717) is 16.5 Å². The largest absolute Gasteiger partial charge is 0.493 e. The number of carbonyl (C=O) groups excluding carboxylic acids is 2. The highest BCUT2D eigenvalue weighted by Gasteiger charge is 2.24. The zero-order valence-corrected chi connectivity index (χ0v) is 17.4. The Hall–Kier alpha value is -2.85. The highest BCUT2D eigenvalue weighted by Crippen LogP contribution is 2.39. The van der Waals surface area contributed by atoms with E-state index in [2.05, 4.69) is 18.3 Å². The molecule has 1 N–H and O–H groups in total. The van der Waals surface area contributed by atoms with E-state index in [0.717, 1.165) is 36.1 Å². The maximum absolute atomic E-state index is 12.2. The number of hydrogen-bond acceptors (Lipinski definition) is 6. The van der Waals surface area contributed by atoms with Gasteiger partial charge in [0.25, 0.3) is 5.91 Å². The standard InChI is InChI=1S/C22H24N2O4S/c1-14-7-8-16-17(12-23)22(29-19(16)11-14)24-20(25)13-28-21(26)9-10-27-18-6-4-3-5-15(18)2/h3-6,14H,7-11,13H2,1-2H3,(H,24,25)/t14-/m1/s1. The van der Waals surface area contributed by atoms with Crippen molar-refractivity contribution in [2.45, 2.75) is 39.5 Å². The van der Waals surface area contributed by atoms with Gasteiger partial charge in [-0.15, -0.1) is 11.3 Å². The number of anilines is 1. The summed E-state index contributed by atoms with van der Waals surface area (Å²) in [7, 11) is 0. The van der Waals surface area contributed by atoms with Crippen LogP contribution in [-0.4, -0.2) is 25.1 Å². The Morgan fingerprint density at radius 3 is 2.90 bits per heavy atom. The smallest absolute Gasteiger partial charge is 0.309 e. The van der Waals surface area contributed by atoms with E-state index in [1.165, 1.54) is 16.2 Å². The van der Waals surface area contributed by atoms with E-state index < -0.39 is 11.9 Å². The zero-order chi connectivity index (χ0) is 20.8. The molecule has 0 aliphatic heterocycles. The van der Waals surface area contributed by atoms with Crippen LogP contribution < -0.4 is 10.1 Å². The normalized spacial score (nSPS) is 15.1. The molecule has 0 unspecified atom stereocenters. The summed E-state index contributed by atoms with van der Waals surface area (Å²) in [6.45, 7) is 3.92. The van der Waals surface area contributed by atoms with Crippen LogP contribution in [0.3, 0.4) is 0 Å². The van der Waals surface area contributed by atoms with Crippen molar-refractivity contribution in [1.29, 1.82) is 5.26 Å². The number of nitrogens with one attached hydrogen (secondary N) is 1. The average Bonchev–Trinajstić information content (AvgIpc) is 3.03. The summed E-state index contributed by atoms with van der Waals surface area (Å²) in [4.78, 5) is 25.2. The second-order valence-corrected chi connectivity index (χ2v) is 8.35. The number of esters is 1. The molecule has 0 fully saturated rings. The molecule has 0 saturated heterocycles. The number of ether oxygens (including phenoxy) is 2. The second kappa shape index (κ2) is 9.57. The summed E-state index contributed by atoms with van der Waals surface area (Å²) < 4.78 is 10.6. The molecule has 3 rings (SSSR count). The molecule has 2 aromatic rings. The maximum Gasteiger partial charge on any atom is 0.309 e. The Labute approximate surface area is 174 Å². The molecule has 7 heteroatoms. The van der Waals surface area contributed by atoms with Crippen molar-refractivity contribution in [3.05, 3.63) is 45.8 Å². The summed E-state index contributed by atoms with van der Waals surface area (Å²) in [6.07, 6.45) is 2.90. The Kier molecular flexibility index (Phi) is 6.89. The van der Waals surface area contributed by atoms with Crippen molar-refractivity contribution in [2.75, 3.05) is 18.5 Å². The van der Waals surface area contributed by atoms with E-state index in [1.54, 1.807) is 0 Å². The van der Waals surface area contributed by atoms with Crippen LogP contribution in [0.15, 0.2) is 24.3 Å². The van der Waals surface area contributed by atoms with Gasteiger partial charge in [0, 0.05) is 4.88 Å². The first-order valence-electron chi connectivity index (χ1n) is 9.66. The molecule has 0 bridgehead atoms. The first-order valence-corrected chi connectivity index (χ1v) is 10.5. The Morgan fingerprint density at radius 1 is 1.34 bits per heavy atom. The zero-order valence-electron chi connectivity index (χ0n) is 16.6. The van der Waals surface area contributed by atoms with Crippen LogP contribution in [0, 0.1) is 24.2 Å². The first-order chi connectivity index (χ1) is 14.0. The summed E-state index contributed by atoms with van der Waals surface area (Å²) >= 11 is 1.45. The molecule has 1 heterocycles. The van der Waals surface area contributed by atoms with Gasteiger partial charge in [-0.2, -0.15) is 5.26 Å².